The second-order valence-corrected chi connectivity index (χ2v) is 4.31. The summed E-state index contributed by atoms with van der Waals surface area (Å²) < 4.78 is 22.4. The largest absolute Gasteiger partial charge is 0.490 e. The third kappa shape index (κ3) is 2.23. The number of hydrogen-bond acceptors (Lipinski definition) is 4. The van der Waals surface area contributed by atoms with Crippen LogP contribution in [0.25, 0.3) is 0 Å². The van der Waals surface area contributed by atoms with Crippen molar-refractivity contribution in [3.05, 3.63) is 24.7 Å². The van der Waals surface area contributed by atoms with Crippen molar-refractivity contribution in [2.24, 2.45) is 0 Å². The van der Waals surface area contributed by atoms with Crippen molar-refractivity contribution in [2.45, 2.75) is 38.3 Å². The molecule has 4 nitrogen and oxygen atoms in total. The third-order valence-corrected chi connectivity index (χ3v) is 2.67. The Kier molecular flexibility index (Phi) is 3.21. The van der Waals surface area contributed by atoms with Crippen LogP contribution in [0.3, 0.4) is 0 Å². The van der Waals surface area contributed by atoms with Gasteiger partial charge in [-0.15, -0.1) is 0 Å². The summed E-state index contributed by atoms with van der Waals surface area (Å²) in [5, 5.41) is 0. The van der Waals surface area contributed by atoms with E-state index in [1.54, 1.807) is 0 Å². The SMILES string of the molecule is C=C(C)OC1COC2C(OC(=C)C)COC12. The van der Waals surface area contributed by atoms with Crippen LogP contribution in [0, 0.1) is 0 Å². The summed E-state index contributed by atoms with van der Waals surface area (Å²) in [4.78, 5) is 0. The van der Waals surface area contributed by atoms with Gasteiger partial charge in [-0.1, -0.05) is 13.2 Å². The maximum absolute atomic E-state index is 5.65. The molecule has 2 fully saturated rings. The molecular weight excluding hydrogens is 208 g/mol. The van der Waals surface area contributed by atoms with Gasteiger partial charge in [-0.2, -0.15) is 0 Å². The van der Waals surface area contributed by atoms with Gasteiger partial charge in [0, 0.05) is 0 Å². The van der Waals surface area contributed by atoms with Gasteiger partial charge in [-0.05, 0) is 13.8 Å². The summed E-state index contributed by atoms with van der Waals surface area (Å²) in [6, 6.07) is 0. The van der Waals surface area contributed by atoms with Crippen LogP contribution < -0.4 is 0 Å². The van der Waals surface area contributed by atoms with E-state index in [-0.39, 0.29) is 24.4 Å². The average molecular weight is 226 g/mol. The molecule has 0 amide bonds. The number of hydrogen-bond donors (Lipinski definition) is 0. The number of ether oxygens (including phenoxy) is 4. The van der Waals surface area contributed by atoms with Gasteiger partial charge in [0.25, 0.3) is 0 Å². The molecule has 2 aliphatic rings. The molecule has 0 aromatic carbocycles. The average Bonchev–Trinajstić information content (AvgIpc) is 2.70. The van der Waals surface area contributed by atoms with Crippen molar-refractivity contribution in [3.8, 4) is 0 Å². The highest BCUT2D eigenvalue weighted by Crippen LogP contribution is 2.31. The highest BCUT2D eigenvalue weighted by molar-refractivity contribution is 4.99. The molecule has 16 heavy (non-hydrogen) atoms. The van der Waals surface area contributed by atoms with E-state index in [0.717, 1.165) is 0 Å². The summed E-state index contributed by atoms with van der Waals surface area (Å²) in [5.74, 6) is 1.37. The predicted molar refractivity (Wildman–Crippen MR) is 58.9 cm³/mol. The van der Waals surface area contributed by atoms with E-state index in [2.05, 4.69) is 13.2 Å². The molecule has 0 aromatic heterocycles. The minimum absolute atomic E-state index is 0.0546. The zero-order chi connectivity index (χ0) is 11.7. The lowest BCUT2D eigenvalue weighted by Gasteiger charge is -2.18. The van der Waals surface area contributed by atoms with Crippen LogP contribution in [-0.4, -0.2) is 37.6 Å². The Balaban J connectivity index is 1.95. The molecule has 2 heterocycles. The maximum Gasteiger partial charge on any atom is 0.150 e. The minimum atomic E-state index is -0.0683. The van der Waals surface area contributed by atoms with Crippen molar-refractivity contribution in [1.82, 2.24) is 0 Å². The molecule has 4 unspecified atom stereocenters. The van der Waals surface area contributed by atoms with Crippen molar-refractivity contribution < 1.29 is 18.9 Å². The molecule has 2 rings (SSSR count). The summed E-state index contributed by atoms with van der Waals surface area (Å²) >= 11 is 0. The molecule has 90 valence electrons. The molecule has 0 spiro atoms. The molecule has 0 N–H and O–H groups in total. The molecule has 4 heteroatoms. The van der Waals surface area contributed by atoms with Gasteiger partial charge >= 0.3 is 0 Å². The summed E-state index contributed by atoms with van der Waals surface area (Å²) in [6.45, 7) is 12.1. The summed E-state index contributed by atoms with van der Waals surface area (Å²) in [6.07, 6.45) is -0.246. The molecule has 0 aliphatic carbocycles. The van der Waals surface area contributed by atoms with E-state index in [4.69, 9.17) is 18.9 Å². The topological polar surface area (TPSA) is 36.9 Å². The molecule has 4 atom stereocenters. The molecule has 0 saturated carbocycles. The Hall–Kier alpha value is -1.00. The molecular formula is C12H18O4. The predicted octanol–water partition coefficient (Wildman–Crippen LogP) is 1.62. The van der Waals surface area contributed by atoms with Crippen molar-refractivity contribution in [2.75, 3.05) is 13.2 Å². The van der Waals surface area contributed by atoms with Crippen molar-refractivity contribution in [1.29, 1.82) is 0 Å². The van der Waals surface area contributed by atoms with Gasteiger partial charge < -0.3 is 18.9 Å². The van der Waals surface area contributed by atoms with Crippen LogP contribution in [0.4, 0.5) is 0 Å². The van der Waals surface area contributed by atoms with E-state index in [0.29, 0.717) is 24.7 Å². The second kappa shape index (κ2) is 4.47. The van der Waals surface area contributed by atoms with E-state index >= 15 is 0 Å². The first-order valence-corrected chi connectivity index (χ1v) is 5.45. The number of fused-ring (bicyclic) bond motifs is 1. The standard InChI is InChI=1S/C12H18O4/c1-7(2)15-9-5-13-12-10(16-8(3)4)6-14-11(9)12/h9-12H,1,3,5-6H2,2,4H3. The maximum atomic E-state index is 5.65. The normalized spacial score (nSPS) is 36.9. The third-order valence-electron chi connectivity index (χ3n) is 2.67. The van der Waals surface area contributed by atoms with Gasteiger partial charge in [0.05, 0.1) is 24.7 Å². The Bertz CT molecular complexity index is 269. The molecule has 0 aromatic rings. The van der Waals surface area contributed by atoms with Crippen LogP contribution in [0.1, 0.15) is 13.8 Å². The van der Waals surface area contributed by atoms with Gasteiger partial charge in [0.2, 0.25) is 0 Å². The smallest absolute Gasteiger partial charge is 0.150 e. The number of rotatable bonds is 4. The van der Waals surface area contributed by atoms with Crippen LogP contribution in [-0.2, 0) is 18.9 Å². The highest BCUT2D eigenvalue weighted by atomic mass is 16.6. The van der Waals surface area contributed by atoms with Gasteiger partial charge in [-0.25, -0.2) is 0 Å². The fraction of sp³-hybridized carbons (Fsp3) is 0.667. The lowest BCUT2D eigenvalue weighted by molar-refractivity contribution is -0.0185. The molecule has 0 radical (unpaired) electrons. The zero-order valence-corrected chi connectivity index (χ0v) is 9.77. The van der Waals surface area contributed by atoms with Crippen LogP contribution >= 0.6 is 0 Å². The van der Waals surface area contributed by atoms with Crippen LogP contribution in [0.2, 0.25) is 0 Å². The first kappa shape index (κ1) is 11.5. The van der Waals surface area contributed by atoms with Gasteiger partial charge in [-0.3, -0.25) is 0 Å². The van der Waals surface area contributed by atoms with E-state index in [1.807, 2.05) is 13.8 Å². The highest BCUT2D eigenvalue weighted by Gasteiger charge is 2.50. The first-order chi connectivity index (χ1) is 7.58. The lowest BCUT2D eigenvalue weighted by Crippen LogP contribution is -2.33. The van der Waals surface area contributed by atoms with Crippen molar-refractivity contribution in [3.63, 3.8) is 0 Å². The monoisotopic (exact) mass is 226 g/mol. The zero-order valence-electron chi connectivity index (χ0n) is 9.77. The van der Waals surface area contributed by atoms with Crippen molar-refractivity contribution >= 4 is 0 Å². The van der Waals surface area contributed by atoms with Gasteiger partial charge in [0.15, 0.2) is 12.2 Å². The lowest BCUT2D eigenvalue weighted by atomic mass is 10.1. The van der Waals surface area contributed by atoms with Gasteiger partial charge in [0.1, 0.15) is 12.2 Å². The van der Waals surface area contributed by atoms with E-state index in [1.165, 1.54) is 0 Å². The quantitative estimate of drug-likeness (QED) is 0.683. The fourth-order valence-corrected chi connectivity index (χ4v) is 2.15. The van der Waals surface area contributed by atoms with E-state index < -0.39 is 0 Å². The fourth-order valence-electron chi connectivity index (χ4n) is 2.15. The summed E-state index contributed by atoms with van der Waals surface area (Å²) in [7, 11) is 0. The Morgan fingerprint density at radius 1 is 0.938 bits per heavy atom. The molecule has 2 saturated heterocycles. The second-order valence-electron chi connectivity index (χ2n) is 4.31. The molecule has 0 bridgehead atoms. The Morgan fingerprint density at radius 3 is 1.62 bits per heavy atom. The Morgan fingerprint density at radius 2 is 1.31 bits per heavy atom. The van der Waals surface area contributed by atoms with Crippen LogP contribution in [0.15, 0.2) is 24.7 Å². The Labute approximate surface area is 95.8 Å². The number of allylic oxidation sites excluding steroid dienone is 2. The minimum Gasteiger partial charge on any atom is -0.490 e. The molecule has 2 aliphatic heterocycles. The first-order valence-electron chi connectivity index (χ1n) is 5.45. The summed E-state index contributed by atoms with van der Waals surface area (Å²) in [5.41, 5.74) is 0. The van der Waals surface area contributed by atoms with E-state index in [9.17, 15) is 0 Å². The van der Waals surface area contributed by atoms with Crippen LogP contribution in [0.5, 0.6) is 0 Å².